The van der Waals surface area contributed by atoms with Crippen molar-refractivity contribution < 1.29 is 9.53 Å². The van der Waals surface area contributed by atoms with E-state index in [-0.39, 0.29) is 11.6 Å². The number of halogens is 1. The lowest BCUT2D eigenvalue weighted by molar-refractivity contribution is 0.0957. The highest BCUT2D eigenvalue weighted by atomic mass is 35.5. The van der Waals surface area contributed by atoms with Crippen molar-refractivity contribution in [1.29, 1.82) is 0 Å². The van der Waals surface area contributed by atoms with E-state index in [1.54, 1.807) is 31.3 Å². The second kappa shape index (κ2) is 5.10. The molecule has 1 aromatic carbocycles. The monoisotopic (exact) mass is 265 g/mol. The molecule has 0 unspecified atom stereocenters. The quantitative estimate of drug-likeness (QED) is 0.922. The van der Waals surface area contributed by atoms with Gasteiger partial charge in [-0.3, -0.25) is 4.79 Å². The molecule has 1 amide bonds. The lowest BCUT2D eigenvalue weighted by Gasteiger charge is -2.05. The van der Waals surface area contributed by atoms with Gasteiger partial charge in [-0.25, -0.2) is 4.68 Å². The van der Waals surface area contributed by atoms with Gasteiger partial charge in [-0.15, -0.1) is 0 Å². The Morgan fingerprint density at radius 1 is 1.44 bits per heavy atom. The molecule has 0 spiro atoms. The molecule has 1 N–H and O–H groups in total. The minimum atomic E-state index is -0.269. The smallest absolute Gasteiger partial charge is 0.271 e. The average molecular weight is 266 g/mol. The van der Waals surface area contributed by atoms with E-state index in [0.717, 1.165) is 5.69 Å². The van der Waals surface area contributed by atoms with Gasteiger partial charge in [0, 0.05) is 18.1 Å². The summed E-state index contributed by atoms with van der Waals surface area (Å²) in [6, 6.07) is 8.71. The van der Waals surface area contributed by atoms with Crippen LogP contribution >= 0.6 is 11.6 Å². The molecule has 1 heterocycles. The van der Waals surface area contributed by atoms with E-state index < -0.39 is 0 Å². The van der Waals surface area contributed by atoms with Gasteiger partial charge in [0.2, 0.25) is 5.88 Å². The number of amides is 1. The van der Waals surface area contributed by atoms with Crippen LogP contribution in [0.1, 0.15) is 10.5 Å². The van der Waals surface area contributed by atoms with Crippen LogP contribution in [0.2, 0.25) is 5.02 Å². The highest BCUT2D eigenvalue weighted by Gasteiger charge is 2.14. The van der Waals surface area contributed by atoms with Gasteiger partial charge < -0.3 is 10.1 Å². The summed E-state index contributed by atoms with van der Waals surface area (Å²) in [6.45, 7) is 0. The predicted molar refractivity (Wildman–Crippen MR) is 68.5 cm³/mol. The van der Waals surface area contributed by atoms with Gasteiger partial charge in [0.15, 0.2) is 5.69 Å². The first-order valence-corrected chi connectivity index (χ1v) is 5.65. The molecule has 5 nitrogen and oxygen atoms in total. The third-order valence-corrected chi connectivity index (χ3v) is 2.63. The zero-order valence-electron chi connectivity index (χ0n) is 9.98. The van der Waals surface area contributed by atoms with Gasteiger partial charge in [-0.1, -0.05) is 17.7 Å². The van der Waals surface area contributed by atoms with Gasteiger partial charge in [-0.05, 0) is 18.2 Å². The average Bonchev–Trinajstić information content (AvgIpc) is 2.82. The third-order valence-electron chi connectivity index (χ3n) is 2.40. The van der Waals surface area contributed by atoms with Gasteiger partial charge in [0.25, 0.3) is 5.91 Å². The molecule has 0 radical (unpaired) electrons. The van der Waals surface area contributed by atoms with Gasteiger partial charge >= 0.3 is 0 Å². The zero-order valence-corrected chi connectivity index (χ0v) is 10.7. The Hall–Kier alpha value is -2.01. The van der Waals surface area contributed by atoms with E-state index in [0.29, 0.717) is 10.9 Å². The van der Waals surface area contributed by atoms with Crippen LogP contribution in [0.4, 0.5) is 0 Å². The fourth-order valence-electron chi connectivity index (χ4n) is 1.54. The van der Waals surface area contributed by atoms with E-state index in [1.807, 2.05) is 6.07 Å². The van der Waals surface area contributed by atoms with Gasteiger partial charge in [0.05, 0.1) is 12.8 Å². The summed E-state index contributed by atoms with van der Waals surface area (Å²) < 4.78 is 6.72. The van der Waals surface area contributed by atoms with E-state index in [9.17, 15) is 4.79 Å². The lowest BCUT2D eigenvalue weighted by atomic mass is 10.3. The van der Waals surface area contributed by atoms with Crippen LogP contribution in [0, 0.1) is 0 Å². The Morgan fingerprint density at radius 3 is 2.83 bits per heavy atom. The SMILES string of the molecule is CNC(=O)c1cc(OC)n(-c2cccc(Cl)c2)n1. The summed E-state index contributed by atoms with van der Waals surface area (Å²) in [5, 5.41) is 7.29. The van der Waals surface area contributed by atoms with Crippen LogP contribution in [-0.4, -0.2) is 29.8 Å². The first-order chi connectivity index (χ1) is 8.65. The molecule has 18 heavy (non-hydrogen) atoms. The summed E-state index contributed by atoms with van der Waals surface area (Å²) in [4.78, 5) is 11.5. The van der Waals surface area contributed by atoms with Crippen LogP contribution in [0.15, 0.2) is 30.3 Å². The van der Waals surface area contributed by atoms with Crippen molar-refractivity contribution >= 4 is 17.5 Å². The molecule has 0 aliphatic heterocycles. The zero-order chi connectivity index (χ0) is 13.1. The maximum Gasteiger partial charge on any atom is 0.271 e. The molecule has 0 aliphatic rings. The van der Waals surface area contributed by atoms with Crippen molar-refractivity contribution in [2.45, 2.75) is 0 Å². The van der Waals surface area contributed by atoms with Crippen LogP contribution in [0.3, 0.4) is 0 Å². The lowest BCUT2D eigenvalue weighted by Crippen LogP contribution is -2.18. The molecule has 0 aliphatic carbocycles. The van der Waals surface area contributed by atoms with Crippen molar-refractivity contribution in [1.82, 2.24) is 15.1 Å². The number of carbonyl (C=O) groups is 1. The highest BCUT2D eigenvalue weighted by Crippen LogP contribution is 2.21. The van der Waals surface area contributed by atoms with Crippen molar-refractivity contribution in [3.8, 4) is 11.6 Å². The largest absolute Gasteiger partial charge is 0.481 e. The van der Waals surface area contributed by atoms with Crippen LogP contribution in [0.5, 0.6) is 5.88 Å². The summed E-state index contributed by atoms with van der Waals surface area (Å²) >= 11 is 5.93. The fraction of sp³-hybridized carbons (Fsp3) is 0.167. The van der Waals surface area contributed by atoms with E-state index in [2.05, 4.69) is 10.4 Å². The topological polar surface area (TPSA) is 56.1 Å². The summed E-state index contributed by atoms with van der Waals surface area (Å²) in [5.41, 5.74) is 1.02. The summed E-state index contributed by atoms with van der Waals surface area (Å²) in [5.74, 6) is 0.199. The number of nitrogens with zero attached hydrogens (tertiary/aromatic N) is 2. The predicted octanol–water partition coefficient (Wildman–Crippen LogP) is 1.89. The Bertz CT molecular complexity index is 580. The summed E-state index contributed by atoms with van der Waals surface area (Å²) in [7, 11) is 3.07. The molecule has 2 rings (SSSR count). The Balaban J connectivity index is 2.50. The molecule has 2 aromatic rings. The molecular weight excluding hydrogens is 254 g/mol. The molecule has 6 heteroatoms. The van der Waals surface area contributed by atoms with E-state index in [1.165, 1.54) is 11.8 Å². The molecule has 0 bridgehead atoms. The van der Waals surface area contributed by atoms with Crippen molar-refractivity contribution in [3.05, 3.63) is 41.0 Å². The Morgan fingerprint density at radius 2 is 2.22 bits per heavy atom. The number of hydrogen-bond donors (Lipinski definition) is 1. The van der Waals surface area contributed by atoms with Crippen LogP contribution in [0.25, 0.3) is 5.69 Å². The second-order valence-electron chi connectivity index (χ2n) is 3.54. The van der Waals surface area contributed by atoms with E-state index >= 15 is 0 Å². The summed E-state index contributed by atoms with van der Waals surface area (Å²) in [6.07, 6.45) is 0. The molecule has 0 fully saturated rings. The van der Waals surface area contributed by atoms with Gasteiger partial charge in [0.1, 0.15) is 0 Å². The number of methoxy groups -OCH3 is 1. The highest BCUT2D eigenvalue weighted by molar-refractivity contribution is 6.30. The first kappa shape index (κ1) is 12.4. The number of aromatic nitrogens is 2. The maximum atomic E-state index is 11.5. The van der Waals surface area contributed by atoms with Crippen LogP contribution in [-0.2, 0) is 0 Å². The third kappa shape index (κ3) is 2.31. The number of carbonyl (C=O) groups excluding carboxylic acids is 1. The Labute approximate surface area is 109 Å². The van der Waals surface area contributed by atoms with Gasteiger partial charge in [-0.2, -0.15) is 5.10 Å². The first-order valence-electron chi connectivity index (χ1n) is 5.28. The number of benzene rings is 1. The molecule has 0 saturated carbocycles. The normalized spacial score (nSPS) is 10.2. The Kier molecular flexibility index (Phi) is 3.53. The number of hydrogen-bond acceptors (Lipinski definition) is 3. The molecule has 94 valence electrons. The van der Waals surface area contributed by atoms with E-state index in [4.69, 9.17) is 16.3 Å². The minimum absolute atomic E-state index is 0.269. The fourth-order valence-corrected chi connectivity index (χ4v) is 1.73. The van der Waals surface area contributed by atoms with Crippen molar-refractivity contribution in [2.24, 2.45) is 0 Å². The standard InChI is InChI=1S/C12H12ClN3O2/c1-14-12(17)10-7-11(18-2)16(15-10)9-5-3-4-8(13)6-9/h3-7H,1-2H3,(H,14,17). The molecular formula is C12H12ClN3O2. The maximum absolute atomic E-state index is 11.5. The van der Waals surface area contributed by atoms with Crippen LogP contribution < -0.4 is 10.1 Å². The minimum Gasteiger partial charge on any atom is -0.481 e. The number of rotatable bonds is 3. The molecule has 1 aromatic heterocycles. The van der Waals surface area contributed by atoms with Crippen molar-refractivity contribution in [2.75, 3.05) is 14.2 Å². The second-order valence-corrected chi connectivity index (χ2v) is 3.98. The molecule has 0 atom stereocenters. The van der Waals surface area contributed by atoms with Crippen molar-refractivity contribution in [3.63, 3.8) is 0 Å². The molecule has 0 saturated heterocycles. The number of nitrogens with one attached hydrogen (secondary N) is 1. The number of ether oxygens (including phenoxy) is 1.